The molecule has 4 rings (SSSR count). The number of anilines is 1. The molecule has 0 unspecified atom stereocenters. The number of rotatable bonds is 3. The maximum absolute atomic E-state index is 12.7. The molecule has 6 nitrogen and oxygen atoms in total. The van der Waals surface area contributed by atoms with Crippen LogP contribution in [-0.4, -0.2) is 26.2 Å². The predicted molar refractivity (Wildman–Crippen MR) is 92.5 cm³/mol. The van der Waals surface area contributed by atoms with Crippen LogP contribution in [0, 0.1) is 6.92 Å². The van der Waals surface area contributed by atoms with Crippen LogP contribution in [0.25, 0.3) is 0 Å². The Morgan fingerprint density at radius 2 is 2.25 bits per heavy atom. The van der Waals surface area contributed by atoms with Gasteiger partial charge >= 0.3 is 0 Å². The summed E-state index contributed by atoms with van der Waals surface area (Å²) < 4.78 is 1.72. The smallest absolute Gasteiger partial charge is 0.257 e. The van der Waals surface area contributed by atoms with Gasteiger partial charge in [0.1, 0.15) is 5.82 Å². The second kappa shape index (κ2) is 6.05. The molecule has 7 heteroatoms. The molecular weight excluding hydrogens is 324 g/mol. The van der Waals surface area contributed by atoms with Crippen molar-refractivity contribution in [3.8, 4) is 0 Å². The number of nitrogens with zero attached hydrogens (tertiary/aromatic N) is 3. The summed E-state index contributed by atoms with van der Waals surface area (Å²) in [5.74, 6) is 1.13. The molecule has 1 N–H and O–H groups in total. The van der Waals surface area contributed by atoms with Gasteiger partial charge in [-0.2, -0.15) is 0 Å². The van der Waals surface area contributed by atoms with E-state index in [1.807, 2.05) is 19.1 Å². The number of pyridine rings is 1. The number of fused-ring (bicyclic) bond motifs is 2. The zero-order valence-electron chi connectivity index (χ0n) is 13.4. The molecule has 0 saturated heterocycles. The number of carbonyl (C=O) groups excluding carboxylic acids is 1. The Labute approximate surface area is 143 Å². The molecule has 0 aromatic carbocycles. The summed E-state index contributed by atoms with van der Waals surface area (Å²) in [6, 6.07) is 5.37. The van der Waals surface area contributed by atoms with Gasteiger partial charge in [-0.25, -0.2) is 9.97 Å². The Hall–Kier alpha value is -2.15. The van der Waals surface area contributed by atoms with E-state index in [0.29, 0.717) is 11.6 Å². The molecule has 24 heavy (non-hydrogen) atoms. The highest BCUT2D eigenvalue weighted by atomic mass is 32.2. The van der Waals surface area contributed by atoms with Crippen LogP contribution >= 0.6 is 11.8 Å². The molecule has 0 spiro atoms. The fraction of sp³-hybridized carbons (Fsp3) is 0.412. The normalized spacial score (nSPS) is 18.3. The summed E-state index contributed by atoms with van der Waals surface area (Å²) >= 11 is 1.56. The molecule has 0 saturated carbocycles. The quantitative estimate of drug-likeness (QED) is 0.865. The van der Waals surface area contributed by atoms with Gasteiger partial charge in [-0.1, -0.05) is 17.8 Å². The second-order valence-corrected chi connectivity index (χ2v) is 7.22. The first-order valence-electron chi connectivity index (χ1n) is 8.12. The minimum absolute atomic E-state index is 0.0454. The maximum atomic E-state index is 12.7. The summed E-state index contributed by atoms with van der Waals surface area (Å²) in [7, 11) is 0. The number of nitrogens with one attached hydrogen (secondary N) is 1. The van der Waals surface area contributed by atoms with E-state index in [1.165, 1.54) is 0 Å². The van der Waals surface area contributed by atoms with E-state index in [1.54, 1.807) is 22.4 Å². The van der Waals surface area contributed by atoms with Crippen LogP contribution in [0.15, 0.2) is 28.2 Å². The van der Waals surface area contributed by atoms with E-state index in [2.05, 4.69) is 15.3 Å². The molecule has 1 atom stereocenters. The molecule has 2 aromatic rings. The van der Waals surface area contributed by atoms with E-state index in [4.69, 9.17) is 0 Å². The Bertz CT molecular complexity index is 877. The summed E-state index contributed by atoms with van der Waals surface area (Å²) in [5, 5.41) is 3.57. The lowest BCUT2D eigenvalue weighted by atomic mass is 10.2. The number of hydrogen-bond acceptors (Lipinski definition) is 5. The summed E-state index contributed by atoms with van der Waals surface area (Å²) in [4.78, 5) is 34.0. The molecule has 1 amide bonds. The van der Waals surface area contributed by atoms with Crippen LogP contribution in [0.5, 0.6) is 0 Å². The zero-order chi connectivity index (χ0) is 16.7. The van der Waals surface area contributed by atoms with Gasteiger partial charge in [-0.3, -0.25) is 14.2 Å². The standard InChI is InChI=1S/C17H18N4O2S/c1-10-4-2-7-14(18-10)20-15(22)8-11-9-24-17-19-13-6-3-5-12(13)16(23)21(11)17/h2,4,7,11H,3,5-6,8-9H2,1H3,(H,18,20,22)/t11-/m0/s1. The molecule has 124 valence electrons. The lowest BCUT2D eigenvalue weighted by Gasteiger charge is -2.14. The average Bonchev–Trinajstić information content (AvgIpc) is 3.15. The number of carbonyl (C=O) groups is 1. The summed E-state index contributed by atoms with van der Waals surface area (Å²) in [5.41, 5.74) is 2.69. The van der Waals surface area contributed by atoms with E-state index >= 15 is 0 Å². The Morgan fingerprint density at radius 3 is 3.08 bits per heavy atom. The number of hydrogen-bond donors (Lipinski definition) is 1. The topological polar surface area (TPSA) is 76.9 Å². The van der Waals surface area contributed by atoms with Crippen molar-refractivity contribution < 1.29 is 4.79 Å². The maximum Gasteiger partial charge on any atom is 0.257 e. The van der Waals surface area contributed by atoms with Crippen LogP contribution in [0.1, 0.15) is 35.8 Å². The van der Waals surface area contributed by atoms with Crippen molar-refractivity contribution in [3.63, 3.8) is 0 Å². The van der Waals surface area contributed by atoms with Crippen molar-refractivity contribution in [2.24, 2.45) is 0 Å². The average molecular weight is 342 g/mol. The van der Waals surface area contributed by atoms with Crippen LogP contribution < -0.4 is 10.9 Å². The fourth-order valence-electron chi connectivity index (χ4n) is 3.32. The number of aryl methyl sites for hydroxylation is 2. The first-order chi connectivity index (χ1) is 11.6. The van der Waals surface area contributed by atoms with Gasteiger partial charge in [0, 0.05) is 23.4 Å². The lowest BCUT2D eigenvalue weighted by molar-refractivity contribution is -0.116. The largest absolute Gasteiger partial charge is 0.311 e. The van der Waals surface area contributed by atoms with Gasteiger partial charge in [0.25, 0.3) is 5.56 Å². The molecular formula is C17H18N4O2S. The van der Waals surface area contributed by atoms with Gasteiger partial charge in [0.15, 0.2) is 5.16 Å². The highest BCUT2D eigenvalue weighted by Gasteiger charge is 2.31. The zero-order valence-corrected chi connectivity index (χ0v) is 14.2. The van der Waals surface area contributed by atoms with Gasteiger partial charge < -0.3 is 5.32 Å². The van der Waals surface area contributed by atoms with E-state index < -0.39 is 0 Å². The Morgan fingerprint density at radius 1 is 1.38 bits per heavy atom. The molecule has 3 heterocycles. The van der Waals surface area contributed by atoms with Gasteiger partial charge in [-0.15, -0.1) is 0 Å². The van der Waals surface area contributed by atoms with Crippen molar-refractivity contribution in [1.82, 2.24) is 14.5 Å². The first kappa shape index (κ1) is 15.4. The van der Waals surface area contributed by atoms with Crippen LogP contribution in [0.4, 0.5) is 5.82 Å². The third kappa shape index (κ3) is 2.73. The van der Waals surface area contributed by atoms with Crippen molar-refractivity contribution >= 4 is 23.5 Å². The van der Waals surface area contributed by atoms with Gasteiger partial charge in [0.2, 0.25) is 5.91 Å². The molecule has 0 bridgehead atoms. The SMILES string of the molecule is Cc1cccc(NC(=O)C[C@H]2CSc3nc4c(c(=O)n32)CCC4)n1. The number of aromatic nitrogens is 3. The highest BCUT2D eigenvalue weighted by Crippen LogP contribution is 2.34. The molecule has 0 radical (unpaired) electrons. The summed E-state index contributed by atoms with van der Waals surface area (Å²) in [6.45, 7) is 1.88. The molecule has 0 fully saturated rings. The van der Waals surface area contributed by atoms with Crippen molar-refractivity contribution in [2.45, 2.75) is 43.8 Å². The second-order valence-electron chi connectivity index (χ2n) is 6.23. The van der Waals surface area contributed by atoms with Gasteiger partial charge in [-0.05, 0) is 38.3 Å². The van der Waals surface area contributed by atoms with Crippen molar-refractivity contribution in [3.05, 3.63) is 45.5 Å². The van der Waals surface area contributed by atoms with Crippen LogP contribution in [-0.2, 0) is 17.6 Å². The Kier molecular flexibility index (Phi) is 3.88. The van der Waals surface area contributed by atoms with E-state index in [-0.39, 0.29) is 23.9 Å². The minimum Gasteiger partial charge on any atom is -0.311 e. The van der Waals surface area contributed by atoms with E-state index in [9.17, 15) is 9.59 Å². The summed E-state index contributed by atoms with van der Waals surface area (Å²) in [6.07, 6.45) is 2.95. The third-order valence-electron chi connectivity index (χ3n) is 4.45. The van der Waals surface area contributed by atoms with Gasteiger partial charge in [0.05, 0.1) is 11.7 Å². The minimum atomic E-state index is -0.138. The fourth-order valence-corrected chi connectivity index (χ4v) is 4.48. The van der Waals surface area contributed by atoms with Crippen LogP contribution in [0.2, 0.25) is 0 Å². The van der Waals surface area contributed by atoms with Crippen molar-refractivity contribution in [2.75, 3.05) is 11.1 Å². The number of thioether (sulfide) groups is 1. The van der Waals surface area contributed by atoms with Crippen molar-refractivity contribution in [1.29, 1.82) is 0 Å². The molecule has 2 aliphatic rings. The first-order valence-corrected chi connectivity index (χ1v) is 9.11. The van der Waals surface area contributed by atoms with Crippen LogP contribution in [0.3, 0.4) is 0 Å². The number of amides is 1. The monoisotopic (exact) mass is 342 g/mol. The molecule has 1 aliphatic carbocycles. The molecule has 1 aliphatic heterocycles. The predicted octanol–water partition coefficient (Wildman–Crippen LogP) is 2.11. The van der Waals surface area contributed by atoms with E-state index in [0.717, 1.165) is 41.4 Å². The highest BCUT2D eigenvalue weighted by molar-refractivity contribution is 7.99. The third-order valence-corrected chi connectivity index (χ3v) is 5.55. The lowest BCUT2D eigenvalue weighted by Crippen LogP contribution is -2.30. The molecule has 2 aromatic heterocycles. The Balaban J connectivity index is 1.54.